The number of nitrogens with zero attached hydrogens (tertiary/aromatic N) is 3. The van der Waals surface area contributed by atoms with Crippen molar-refractivity contribution in [2.24, 2.45) is 10.9 Å². The van der Waals surface area contributed by atoms with E-state index in [1.807, 2.05) is 4.90 Å². The van der Waals surface area contributed by atoms with Crippen LogP contribution in [0.25, 0.3) is 0 Å². The molecule has 0 saturated carbocycles. The van der Waals surface area contributed by atoms with Crippen molar-refractivity contribution < 1.29 is 9.60 Å². The summed E-state index contributed by atoms with van der Waals surface area (Å²) < 4.78 is 14.8. The van der Waals surface area contributed by atoms with Gasteiger partial charge in [-0.05, 0) is 41.5 Å². The van der Waals surface area contributed by atoms with Gasteiger partial charge in [0, 0.05) is 31.2 Å². The summed E-state index contributed by atoms with van der Waals surface area (Å²) >= 11 is 3.20. The highest BCUT2D eigenvalue weighted by Gasteiger charge is 2.25. The molecule has 1 aromatic carbocycles. The minimum Gasteiger partial charge on any atom is -0.409 e. The Morgan fingerprint density at radius 2 is 2.24 bits per heavy atom. The first kappa shape index (κ1) is 16.0. The molecular weight excluding hydrogens is 339 g/mol. The highest BCUT2D eigenvalue weighted by Crippen LogP contribution is 2.30. The van der Waals surface area contributed by atoms with Crippen molar-refractivity contribution in [3.63, 3.8) is 0 Å². The van der Waals surface area contributed by atoms with Crippen LogP contribution in [0, 0.1) is 5.82 Å². The molecule has 116 valence electrons. The molecule has 0 bridgehead atoms. The normalized spacial score (nSPS) is 20.9. The average molecular weight is 359 g/mol. The molecule has 1 fully saturated rings. The van der Waals surface area contributed by atoms with Crippen LogP contribution in [0.1, 0.15) is 19.4 Å². The monoisotopic (exact) mass is 358 g/mol. The summed E-state index contributed by atoms with van der Waals surface area (Å²) in [5.74, 6) is -0.493. The summed E-state index contributed by atoms with van der Waals surface area (Å²) in [6.45, 7) is 7.76. The van der Waals surface area contributed by atoms with E-state index in [-0.39, 0.29) is 16.1 Å². The minimum absolute atomic E-state index is 0.114. The Morgan fingerprint density at radius 3 is 2.81 bits per heavy atom. The van der Waals surface area contributed by atoms with E-state index in [0.717, 1.165) is 26.2 Å². The number of hydrogen-bond acceptors (Lipinski definition) is 4. The van der Waals surface area contributed by atoms with Crippen LogP contribution >= 0.6 is 15.9 Å². The number of halogens is 2. The summed E-state index contributed by atoms with van der Waals surface area (Å²) in [5.41, 5.74) is 6.42. The summed E-state index contributed by atoms with van der Waals surface area (Å²) in [5, 5.41) is 11.6. The molecule has 5 nitrogen and oxygen atoms in total. The number of hydrogen-bond donors (Lipinski definition) is 2. The van der Waals surface area contributed by atoms with Crippen LogP contribution in [-0.2, 0) is 0 Å². The molecule has 1 unspecified atom stereocenters. The van der Waals surface area contributed by atoms with Gasteiger partial charge in [0.2, 0.25) is 0 Å². The highest BCUT2D eigenvalue weighted by atomic mass is 79.9. The van der Waals surface area contributed by atoms with Crippen molar-refractivity contribution in [1.29, 1.82) is 0 Å². The van der Waals surface area contributed by atoms with Crippen LogP contribution in [-0.4, -0.2) is 48.2 Å². The van der Waals surface area contributed by atoms with E-state index in [1.54, 1.807) is 12.1 Å². The third-order valence-electron chi connectivity index (χ3n) is 3.96. The summed E-state index contributed by atoms with van der Waals surface area (Å²) in [7, 11) is 0. The van der Waals surface area contributed by atoms with Gasteiger partial charge in [-0.1, -0.05) is 12.1 Å². The van der Waals surface area contributed by atoms with E-state index in [4.69, 9.17) is 10.9 Å². The third kappa shape index (κ3) is 3.13. The van der Waals surface area contributed by atoms with Crippen molar-refractivity contribution in [1.82, 2.24) is 4.90 Å². The minimum atomic E-state index is -0.378. The van der Waals surface area contributed by atoms with Crippen LogP contribution in [0.2, 0.25) is 0 Å². The topological polar surface area (TPSA) is 65.1 Å². The lowest BCUT2D eigenvalue weighted by atomic mass is 10.1. The summed E-state index contributed by atoms with van der Waals surface area (Å²) in [4.78, 5) is 4.40. The quantitative estimate of drug-likeness (QED) is 0.376. The number of anilines is 1. The molecule has 21 heavy (non-hydrogen) atoms. The third-order valence-corrected chi connectivity index (χ3v) is 4.73. The summed E-state index contributed by atoms with van der Waals surface area (Å²) in [6.07, 6.45) is 0. The van der Waals surface area contributed by atoms with Gasteiger partial charge in [0.25, 0.3) is 0 Å². The molecule has 1 aliphatic rings. The Balaban J connectivity index is 2.28. The predicted molar refractivity (Wildman–Crippen MR) is 85.5 cm³/mol. The van der Waals surface area contributed by atoms with E-state index in [2.05, 4.69) is 39.8 Å². The van der Waals surface area contributed by atoms with Gasteiger partial charge in [-0.3, -0.25) is 4.90 Å². The van der Waals surface area contributed by atoms with Gasteiger partial charge in [0.05, 0.1) is 10.2 Å². The SMILES string of the molecule is CCN1CCN(c2ccc(/C(N)=N/O)c(Br)c2F)CC1C. The number of benzene rings is 1. The van der Waals surface area contributed by atoms with Crippen molar-refractivity contribution in [2.75, 3.05) is 31.1 Å². The van der Waals surface area contributed by atoms with Gasteiger partial charge in [0.1, 0.15) is 0 Å². The van der Waals surface area contributed by atoms with Gasteiger partial charge in [-0.2, -0.15) is 0 Å². The van der Waals surface area contributed by atoms with Gasteiger partial charge in [0.15, 0.2) is 11.7 Å². The van der Waals surface area contributed by atoms with Gasteiger partial charge < -0.3 is 15.8 Å². The van der Waals surface area contributed by atoms with Crippen molar-refractivity contribution in [2.45, 2.75) is 19.9 Å². The number of likely N-dealkylation sites (N-methyl/N-ethyl adjacent to an activating group) is 1. The largest absolute Gasteiger partial charge is 0.409 e. The van der Waals surface area contributed by atoms with Crippen molar-refractivity contribution in [3.8, 4) is 0 Å². The molecule has 0 aromatic heterocycles. The smallest absolute Gasteiger partial charge is 0.171 e. The van der Waals surface area contributed by atoms with E-state index < -0.39 is 0 Å². The first-order valence-electron chi connectivity index (χ1n) is 6.94. The van der Waals surface area contributed by atoms with Gasteiger partial charge >= 0.3 is 0 Å². The molecule has 1 saturated heterocycles. The van der Waals surface area contributed by atoms with Crippen LogP contribution in [0.5, 0.6) is 0 Å². The maximum Gasteiger partial charge on any atom is 0.171 e. The molecule has 3 N–H and O–H groups in total. The number of piperazine rings is 1. The van der Waals surface area contributed by atoms with Crippen molar-refractivity contribution in [3.05, 3.63) is 28.0 Å². The fourth-order valence-electron chi connectivity index (χ4n) is 2.72. The zero-order valence-corrected chi connectivity index (χ0v) is 13.8. The predicted octanol–water partition coefficient (Wildman–Crippen LogP) is 2.21. The molecule has 2 rings (SSSR count). The lowest BCUT2D eigenvalue weighted by Crippen LogP contribution is -2.52. The average Bonchev–Trinajstić information content (AvgIpc) is 2.49. The molecule has 1 heterocycles. The summed E-state index contributed by atoms with van der Waals surface area (Å²) in [6, 6.07) is 3.72. The van der Waals surface area contributed by atoms with Gasteiger partial charge in [-0.15, -0.1) is 0 Å². The van der Waals surface area contributed by atoms with E-state index in [0.29, 0.717) is 17.3 Å². The molecule has 0 amide bonds. The van der Waals surface area contributed by atoms with Crippen LogP contribution in [0.4, 0.5) is 10.1 Å². The molecule has 0 radical (unpaired) electrons. The number of amidine groups is 1. The Morgan fingerprint density at radius 1 is 1.52 bits per heavy atom. The Kier molecular flexibility index (Phi) is 5.05. The Labute approximate surface area is 132 Å². The molecule has 1 aliphatic heterocycles. The van der Waals surface area contributed by atoms with Crippen molar-refractivity contribution >= 4 is 27.5 Å². The van der Waals surface area contributed by atoms with Gasteiger partial charge in [-0.25, -0.2) is 4.39 Å². The van der Waals surface area contributed by atoms with E-state index >= 15 is 0 Å². The molecule has 0 aliphatic carbocycles. The number of rotatable bonds is 3. The maximum atomic E-state index is 14.6. The lowest BCUT2D eigenvalue weighted by molar-refractivity contribution is 0.199. The fraction of sp³-hybridized carbons (Fsp3) is 0.500. The molecule has 1 aromatic rings. The zero-order chi connectivity index (χ0) is 15.6. The van der Waals surface area contributed by atoms with Crippen LogP contribution in [0.3, 0.4) is 0 Å². The molecule has 7 heteroatoms. The second-order valence-corrected chi connectivity index (χ2v) is 5.96. The standard InChI is InChI=1S/C14H20BrFN4O/c1-3-19-6-7-20(8-9(19)2)11-5-4-10(14(17)18-21)12(15)13(11)16/h4-5,9,21H,3,6-8H2,1-2H3,(H2,17,18). The molecule has 1 atom stereocenters. The lowest BCUT2D eigenvalue weighted by Gasteiger charge is -2.40. The second kappa shape index (κ2) is 6.62. The van der Waals surface area contributed by atoms with E-state index in [1.165, 1.54) is 0 Å². The fourth-order valence-corrected chi connectivity index (χ4v) is 3.26. The number of oxime groups is 1. The first-order chi connectivity index (χ1) is 9.99. The number of nitrogens with two attached hydrogens (primary N) is 1. The second-order valence-electron chi connectivity index (χ2n) is 5.17. The zero-order valence-electron chi connectivity index (χ0n) is 12.2. The molecular formula is C14H20BrFN4O. The van der Waals surface area contributed by atoms with Crippen LogP contribution in [0.15, 0.2) is 21.8 Å². The Bertz CT molecular complexity index is 552. The highest BCUT2D eigenvalue weighted by molar-refractivity contribution is 9.10. The first-order valence-corrected chi connectivity index (χ1v) is 7.73. The molecule has 0 spiro atoms. The Hall–Kier alpha value is -1.34. The van der Waals surface area contributed by atoms with E-state index in [9.17, 15) is 4.39 Å². The maximum absolute atomic E-state index is 14.6. The van der Waals surface area contributed by atoms with Crippen LogP contribution < -0.4 is 10.6 Å².